The van der Waals surface area contributed by atoms with Crippen LogP contribution >= 0.6 is 0 Å². The van der Waals surface area contributed by atoms with Crippen LogP contribution in [0.25, 0.3) is 6.08 Å². The van der Waals surface area contributed by atoms with E-state index >= 15 is 0 Å². The normalized spacial score (nSPS) is 46.8. The number of nitrogens with one attached hydrogen (secondary N) is 1. The molecule has 1 aromatic heterocycles. The third kappa shape index (κ3) is 2.20. The maximum Gasteiger partial charge on any atom is 0.164 e. The third-order valence-corrected chi connectivity index (χ3v) is 9.50. The summed E-state index contributed by atoms with van der Waals surface area (Å²) < 4.78 is 0. The summed E-state index contributed by atoms with van der Waals surface area (Å²) in [7, 11) is 0. The van der Waals surface area contributed by atoms with Crippen LogP contribution < -0.4 is 0 Å². The molecule has 0 aromatic carbocycles. The summed E-state index contributed by atoms with van der Waals surface area (Å²) in [5, 5.41) is 30.7. The number of nitrogens with zero attached hydrogens (tertiary/aromatic N) is 1. The predicted octanol–water partition coefficient (Wildman–Crippen LogP) is 3.68. The summed E-state index contributed by atoms with van der Waals surface area (Å²) >= 11 is 0. The molecular formula is C25H34N2O3. The lowest BCUT2D eigenvalue weighted by Crippen LogP contribution is -2.62. The van der Waals surface area contributed by atoms with Gasteiger partial charge in [-0.05, 0) is 61.2 Å². The largest absolute Gasteiger partial charge is 0.393 e. The van der Waals surface area contributed by atoms with Crippen LogP contribution in [-0.4, -0.2) is 37.9 Å². The molecule has 0 aliphatic heterocycles. The Bertz CT molecular complexity index is 977. The summed E-state index contributed by atoms with van der Waals surface area (Å²) in [6, 6.07) is 0. The second-order valence-electron chi connectivity index (χ2n) is 10.9. The van der Waals surface area contributed by atoms with Crippen LogP contribution in [0.5, 0.6) is 0 Å². The van der Waals surface area contributed by atoms with Crippen LogP contribution in [0.15, 0.2) is 23.4 Å². The zero-order valence-corrected chi connectivity index (χ0v) is 18.7. The maximum absolute atomic E-state index is 13.0. The molecule has 0 spiro atoms. The Kier molecular flexibility index (Phi) is 4.15. The van der Waals surface area contributed by atoms with Gasteiger partial charge in [0.2, 0.25) is 0 Å². The van der Waals surface area contributed by atoms with E-state index in [4.69, 9.17) is 0 Å². The van der Waals surface area contributed by atoms with Crippen molar-refractivity contribution in [3.63, 3.8) is 0 Å². The molecular weight excluding hydrogens is 376 g/mol. The minimum atomic E-state index is -1.36. The Labute approximate surface area is 178 Å². The zero-order valence-electron chi connectivity index (χ0n) is 18.7. The number of carbonyl (C=O) groups excluding carboxylic acids is 1. The summed E-state index contributed by atoms with van der Waals surface area (Å²) in [4.78, 5) is 13.0. The molecule has 30 heavy (non-hydrogen) atoms. The summed E-state index contributed by atoms with van der Waals surface area (Å²) in [5.74, 6) is 0.224. The van der Waals surface area contributed by atoms with Gasteiger partial charge in [-0.2, -0.15) is 5.10 Å². The molecule has 5 nitrogen and oxygen atoms in total. The van der Waals surface area contributed by atoms with E-state index in [0.29, 0.717) is 12.8 Å². The van der Waals surface area contributed by atoms with Gasteiger partial charge >= 0.3 is 0 Å². The molecule has 0 bridgehead atoms. The molecule has 4 aliphatic rings. The zero-order chi connectivity index (χ0) is 21.6. The molecule has 6 unspecified atom stereocenters. The van der Waals surface area contributed by atoms with E-state index in [1.807, 2.05) is 20.0 Å². The van der Waals surface area contributed by atoms with Crippen molar-refractivity contribution in [3.05, 3.63) is 34.7 Å². The molecule has 5 rings (SSSR count). The fourth-order valence-electron chi connectivity index (χ4n) is 8.17. The van der Waals surface area contributed by atoms with E-state index < -0.39 is 17.1 Å². The number of hydrogen-bond acceptors (Lipinski definition) is 4. The molecule has 8 atom stereocenters. The third-order valence-electron chi connectivity index (χ3n) is 9.50. The van der Waals surface area contributed by atoms with Crippen molar-refractivity contribution in [1.29, 1.82) is 0 Å². The predicted molar refractivity (Wildman–Crippen MR) is 115 cm³/mol. The first-order chi connectivity index (χ1) is 14.1. The van der Waals surface area contributed by atoms with E-state index in [1.165, 1.54) is 16.7 Å². The van der Waals surface area contributed by atoms with Crippen molar-refractivity contribution >= 4 is 11.9 Å². The topological polar surface area (TPSA) is 86.2 Å². The van der Waals surface area contributed by atoms with Gasteiger partial charge in [-0.15, -0.1) is 0 Å². The molecule has 162 valence electrons. The number of fused-ring (bicyclic) bond motifs is 6. The fraction of sp³-hybridized carbons (Fsp3) is 0.680. The lowest BCUT2D eigenvalue weighted by molar-refractivity contribution is -0.177. The second-order valence-corrected chi connectivity index (χ2v) is 10.9. The van der Waals surface area contributed by atoms with E-state index in [2.05, 4.69) is 43.1 Å². The second kappa shape index (κ2) is 6.17. The van der Waals surface area contributed by atoms with Gasteiger partial charge < -0.3 is 10.2 Å². The number of carbonyl (C=O) groups is 1. The number of aromatic amines is 1. The summed E-state index contributed by atoms with van der Waals surface area (Å²) in [6.07, 6.45) is 8.36. The molecule has 3 N–H and O–H groups in total. The molecule has 4 aliphatic carbocycles. The van der Waals surface area contributed by atoms with Crippen LogP contribution in [0.3, 0.4) is 0 Å². The fourth-order valence-corrected chi connectivity index (χ4v) is 8.17. The Hall–Kier alpha value is -1.72. The molecule has 1 aromatic rings. The SMILES string of the molecule is CCC(=O)[C@@]1(O)[C@H](C)CC2C3C=C(C)C4=Cc5[nH]ncc5CC4(C)C3C(O)CC21C. The number of hydrogen-bond donors (Lipinski definition) is 3. The number of aliphatic hydroxyl groups is 2. The highest BCUT2D eigenvalue weighted by Gasteiger charge is 2.70. The highest BCUT2D eigenvalue weighted by atomic mass is 16.3. The molecule has 0 amide bonds. The van der Waals surface area contributed by atoms with Crippen molar-refractivity contribution in [3.8, 4) is 0 Å². The van der Waals surface area contributed by atoms with Gasteiger partial charge in [-0.25, -0.2) is 0 Å². The highest BCUT2D eigenvalue weighted by Crippen LogP contribution is 2.68. The first kappa shape index (κ1) is 20.2. The Balaban J connectivity index is 1.65. The van der Waals surface area contributed by atoms with Gasteiger partial charge in [-0.1, -0.05) is 39.3 Å². The van der Waals surface area contributed by atoms with Crippen LogP contribution in [0, 0.1) is 34.5 Å². The maximum atomic E-state index is 13.0. The first-order valence-corrected chi connectivity index (χ1v) is 11.4. The van der Waals surface area contributed by atoms with Crippen molar-refractivity contribution in [1.82, 2.24) is 10.2 Å². The summed E-state index contributed by atoms with van der Waals surface area (Å²) in [5.41, 5.74) is 2.66. The molecule has 0 radical (unpaired) electrons. The van der Waals surface area contributed by atoms with Gasteiger partial charge in [0, 0.05) is 23.2 Å². The smallest absolute Gasteiger partial charge is 0.164 e. The van der Waals surface area contributed by atoms with E-state index in [1.54, 1.807) is 0 Å². The van der Waals surface area contributed by atoms with Crippen molar-refractivity contribution < 1.29 is 15.0 Å². The van der Waals surface area contributed by atoms with Crippen LogP contribution in [0.2, 0.25) is 0 Å². The van der Waals surface area contributed by atoms with E-state index in [-0.39, 0.29) is 34.9 Å². The Morgan fingerprint density at radius 3 is 2.80 bits per heavy atom. The number of aromatic nitrogens is 2. The van der Waals surface area contributed by atoms with Crippen molar-refractivity contribution in [2.24, 2.45) is 34.5 Å². The number of allylic oxidation sites excluding steroid dienone is 3. The van der Waals surface area contributed by atoms with Crippen LogP contribution in [0.1, 0.15) is 65.1 Å². The molecule has 5 heteroatoms. The lowest BCUT2D eigenvalue weighted by atomic mass is 9.46. The highest BCUT2D eigenvalue weighted by molar-refractivity contribution is 5.88. The van der Waals surface area contributed by atoms with Crippen molar-refractivity contribution in [2.75, 3.05) is 0 Å². The molecule has 2 saturated carbocycles. The quantitative estimate of drug-likeness (QED) is 0.694. The Morgan fingerprint density at radius 2 is 2.10 bits per heavy atom. The number of ketones is 1. The number of aliphatic hydroxyl groups excluding tert-OH is 1. The number of H-pyrrole nitrogens is 1. The minimum absolute atomic E-state index is 0.0693. The van der Waals surface area contributed by atoms with Crippen molar-refractivity contribution in [2.45, 2.75) is 72.0 Å². The average Bonchev–Trinajstić information content (AvgIpc) is 3.21. The number of rotatable bonds is 2. The van der Waals surface area contributed by atoms with Gasteiger partial charge in [0.05, 0.1) is 18.0 Å². The van der Waals surface area contributed by atoms with Gasteiger partial charge in [0.25, 0.3) is 0 Å². The number of Topliss-reactive ketones (excluding diaryl/α,β-unsaturated/α-hetero) is 1. The van der Waals surface area contributed by atoms with E-state index in [9.17, 15) is 15.0 Å². The monoisotopic (exact) mass is 410 g/mol. The van der Waals surface area contributed by atoms with Gasteiger partial charge in [0.15, 0.2) is 5.78 Å². The first-order valence-electron chi connectivity index (χ1n) is 11.4. The molecule has 2 fully saturated rings. The standard InChI is InChI=1S/C25H34N2O3/c1-6-21(29)25(30)14(3)8-18-16-7-13(2)17-9-19-15(12-26-27-19)10-23(17,4)22(16)20(28)11-24(18,25)5/h7,9,12,14,16,18,20,22,28,30H,6,8,10-11H2,1-5H3,(H,26,27)/t14-,16?,18?,20?,22?,23?,24?,25+/m1/s1. The average molecular weight is 411 g/mol. The van der Waals surface area contributed by atoms with E-state index in [0.717, 1.165) is 18.5 Å². The minimum Gasteiger partial charge on any atom is -0.393 e. The Morgan fingerprint density at radius 1 is 1.37 bits per heavy atom. The van der Waals surface area contributed by atoms with Gasteiger partial charge in [0.1, 0.15) is 5.60 Å². The molecule has 1 heterocycles. The lowest BCUT2D eigenvalue weighted by Gasteiger charge is -2.59. The van der Waals surface area contributed by atoms with Gasteiger partial charge in [-0.3, -0.25) is 9.89 Å². The van der Waals surface area contributed by atoms with Crippen LogP contribution in [-0.2, 0) is 11.2 Å². The summed E-state index contributed by atoms with van der Waals surface area (Å²) in [6.45, 7) is 10.4. The molecule has 0 saturated heterocycles. The van der Waals surface area contributed by atoms with Crippen LogP contribution in [0.4, 0.5) is 0 Å².